The number of carbonyl (C=O) groups excluding carboxylic acids is 1. The Kier molecular flexibility index (Phi) is 5.47. The molecule has 3 rings (SSSR count). The van der Waals surface area contributed by atoms with Gasteiger partial charge in [0.1, 0.15) is 11.5 Å². The van der Waals surface area contributed by atoms with Crippen molar-refractivity contribution in [2.24, 2.45) is 0 Å². The third-order valence-corrected chi connectivity index (χ3v) is 4.01. The van der Waals surface area contributed by atoms with Crippen LogP contribution < -0.4 is 9.47 Å². The minimum absolute atomic E-state index is 0.461. The van der Waals surface area contributed by atoms with E-state index < -0.39 is 6.16 Å². The van der Waals surface area contributed by atoms with Crippen LogP contribution >= 0.6 is 0 Å². The standard InChI is InChI=1S/C22H20O3/c1-17-7-5-6-8-19(17)14-11-18-12-15-21(16-13-18)25-22(23)24-20-9-3-2-4-10-20/h2-10,12-13,15-16H,11,14H2,1H3. The third kappa shape index (κ3) is 4.95. The molecule has 0 spiro atoms. The fourth-order valence-electron chi connectivity index (χ4n) is 2.60. The molecule has 25 heavy (non-hydrogen) atoms. The van der Waals surface area contributed by atoms with E-state index in [4.69, 9.17) is 9.47 Å². The Morgan fingerprint density at radius 3 is 2.00 bits per heavy atom. The number of para-hydroxylation sites is 1. The smallest absolute Gasteiger partial charge is 0.395 e. The molecule has 0 atom stereocenters. The molecular weight excluding hydrogens is 312 g/mol. The van der Waals surface area contributed by atoms with Gasteiger partial charge < -0.3 is 9.47 Å². The van der Waals surface area contributed by atoms with Gasteiger partial charge in [0.2, 0.25) is 0 Å². The minimum Gasteiger partial charge on any atom is -0.395 e. The molecule has 0 saturated carbocycles. The highest BCUT2D eigenvalue weighted by molar-refractivity contribution is 5.67. The number of aryl methyl sites for hydroxylation is 3. The number of hydrogen-bond acceptors (Lipinski definition) is 3. The normalized spacial score (nSPS) is 10.3. The van der Waals surface area contributed by atoms with Crippen molar-refractivity contribution in [3.63, 3.8) is 0 Å². The molecule has 0 aromatic heterocycles. The molecule has 3 aromatic rings. The van der Waals surface area contributed by atoms with Gasteiger partial charge >= 0.3 is 6.16 Å². The zero-order valence-corrected chi connectivity index (χ0v) is 14.1. The van der Waals surface area contributed by atoms with Crippen molar-refractivity contribution in [1.82, 2.24) is 0 Å². The predicted molar refractivity (Wildman–Crippen MR) is 98.1 cm³/mol. The first-order chi connectivity index (χ1) is 12.2. The van der Waals surface area contributed by atoms with Crippen molar-refractivity contribution < 1.29 is 14.3 Å². The average molecular weight is 332 g/mol. The zero-order valence-electron chi connectivity index (χ0n) is 14.1. The highest BCUT2D eigenvalue weighted by Gasteiger charge is 2.07. The molecule has 126 valence electrons. The van der Waals surface area contributed by atoms with Crippen LogP contribution in [0.2, 0.25) is 0 Å². The van der Waals surface area contributed by atoms with Crippen LogP contribution in [0.1, 0.15) is 16.7 Å². The Balaban J connectivity index is 1.53. The molecule has 0 unspecified atom stereocenters. The Hall–Kier alpha value is -3.07. The molecule has 0 heterocycles. The van der Waals surface area contributed by atoms with Gasteiger partial charge in [-0.2, -0.15) is 0 Å². The highest BCUT2D eigenvalue weighted by Crippen LogP contribution is 2.17. The summed E-state index contributed by atoms with van der Waals surface area (Å²) in [4.78, 5) is 11.8. The van der Waals surface area contributed by atoms with Gasteiger partial charge in [-0.1, -0.05) is 54.6 Å². The van der Waals surface area contributed by atoms with Crippen molar-refractivity contribution in [1.29, 1.82) is 0 Å². The van der Waals surface area contributed by atoms with Crippen molar-refractivity contribution in [2.75, 3.05) is 0 Å². The molecule has 0 amide bonds. The van der Waals surface area contributed by atoms with Crippen LogP contribution in [0.15, 0.2) is 78.9 Å². The molecule has 0 aliphatic heterocycles. The second-order valence-electron chi connectivity index (χ2n) is 5.84. The molecule has 0 N–H and O–H groups in total. The van der Waals surface area contributed by atoms with Crippen LogP contribution in [0.25, 0.3) is 0 Å². The number of rotatable bonds is 5. The largest absolute Gasteiger partial charge is 0.519 e. The van der Waals surface area contributed by atoms with Crippen LogP contribution in [0, 0.1) is 6.92 Å². The first-order valence-electron chi connectivity index (χ1n) is 8.29. The maximum absolute atomic E-state index is 11.8. The molecule has 0 fully saturated rings. The molecule has 0 radical (unpaired) electrons. The first kappa shape index (κ1) is 16.8. The number of benzene rings is 3. The summed E-state index contributed by atoms with van der Waals surface area (Å²) in [5.74, 6) is 0.933. The van der Waals surface area contributed by atoms with Crippen LogP contribution in [0.5, 0.6) is 11.5 Å². The number of ether oxygens (including phenoxy) is 2. The summed E-state index contributed by atoms with van der Waals surface area (Å²) in [6.07, 6.45) is 1.20. The van der Waals surface area contributed by atoms with Gasteiger partial charge in [0.25, 0.3) is 0 Å². The lowest BCUT2D eigenvalue weighted by Gasteiger charge is -2.07. The SMILES string of the molecule is Cc1ccccc1CCc1ccc(OC(=O)Oc2ccccc2)cc1. The topological polar surface area (TPSA) is 35.5 Å². The lowest BCUT2D eigenvalue weighted by atomic mass is 10.0. The predicted octanol–water partition coefficient (Wildman–Crippen LogP) is 5.36. The lowest BCUT2D eigenvalue weighted by Crippen LogP contribution is -2.13. The van der Waals surface area contributed by atoms with E-state index in [0.29, 0.717) is 11.5 Å². The second kappa shape index (κ2) is 8.15. The van der Waals surface area contributed by atoms with Crippen molar-refractivity contribution >= 4 is 6.16 Å². The van der Waals surface area contributed by atoms with E-state index >= 15 is 0 Å². The van der Waals surface area contributed by atoms with E-state index in [2.05, 4.69) is 31.2 Å². The zero-order chi connectivity index (χ0) is 17.5. The minimum atomic E-state index is -0.737. The highest BCUT2D eigenvalue weighted by atomic mass is 16.7. The Morgan fingerprint density at radius 1 is 0.720 bits per heavy atom. The Morgan fingerprint density at radius 2 is 1.32 bits per heavy atom. The van der Waals surface area contributed by atoms with Gasteiger partial charge in [0, 0.05) is 0 Å². The first-order valence-corrected chi connectivity index (χ1v) is 8.29. The molecule has 0 bridgehead atoms. The van der Waals surface area contributed by atoms with E-state index in [1.54, 1.807) is 36.4 Å². The van der Waals surface area contributed by atoms with Crippen LogP contribution in [0.4, 0.5) is 4.79 Å². The van der Waals surface area contributed by atoms with Crippen LogP contribution in [0.3, 0.4) is 0 Å². The maximum atomic E-state index is 11.8. The van der Waals surface area contributed by atoms with E-state index in [1.165, 1.54) is 16.7 Å². The van der Waals surface area contributed by atoms with Crippen LogP contribution in [-0.2, 0) is 12.8 Å². The third-order valence-electron chi connectivity index (χ3n) is 4.01. The molecule has 3 aromatic carbocycles. The summed E-state index contributed by atoms with van der Waals surface area (Å²) in [7, 11) is 0. The summed E-state index contributed by atoms with van der Waals surface area (Å²) in [5.41, 5.74) is 3.87. The summed E-state index contributed by atoms with van der Waals surface area (Å²) in [5, 5.41) is 0. The van der Waals surface area contributed by atoms with Gasteiger partial charge in [-0.05, 0) is 60.7 Å². The molecule has 0 aliphatic rings. The average Bonchev–Trinajstić information content (AvgIpc) is 2.63. The molecule has 3 nitrogen and oxygen atoms in total. The Bertz CT molecular complexity index is 823. The van der Waals surface area contributed by atoms with Gasteiger partial charge in [-0.15, -0.1) is 0 Å². The van der Waals surface area contributed by atoms with E-state index in [9.17, 15) is 4.79 Å². The van der Waals surface area contributed by atoms with Crippen LogP contribution in [-0.4, -0.2) is 6.16 Å². The quantitative estimate of drug-likeness (QED) is 0.466. The molecule has 0 aliphatic carbocycles. The monoisotopic (exact) mass is 332 g/mol. The Labute approximate surface area is 147 Å². The second-order valence-corrected chi connectivity index (χ2v) is 5.84. The number of hydrogen-bond donors (Lipinski definition) is 0. The van der Waals surface area contributed by atoms with Crippen molar-refractivity contribution in [3.05, 3.63) is 95.6 Å². The summed E-state index contributed by atoms with van der Waals surface area (Å²) in [6.45, 7) is 2.13. The summed E-state index contributed by atoms with van der Waals surface area (Å²) in [6, 6.07) is 24.8. The molecule has 0 saturated heterocycles. The van der Waals surface area contributed by atoms with Gasteiger partial charge in [-0.3, -0.25) is 0 Å². The summed E-state index contributed by atoms with van der Waals surface area (Å²) >= 11 is 0. The van der Waals surface area contributed by atoms with E-state index in [0.717, 1.165) is 12.8 Å². The van der Waals surface area contributed by atoms with Gasteiger partial charge in [0.15, 0.2) is 0 Å². The van der Waals surface area contributed by atoms with Gasteiger partial charge in [-0.25, -0.2) is 4.79 Å². The number of carbonyl (C=O) groups is 1. The molecule has 3 heteroatoms. The fraction of sp³-hybridized carbons (Fsp3) is 0.136. The lowest BCUT2D eigenvalue weighted by molar-refractivity contribution is 0.152. The fourth-order valence-corrected chi connectivity index (χ4v) is 2.60. The van der Waals surface area contributed by atoms with Crippen molar-refractivity contribution in [3.8, 4) is 11.5 Å². The molecular formula is C22H20O3. The van der Waals surface area contributed by atoms with Gasteiger partial charge in [0.05, 0.1) is 0 Å². The summed E-state index contributed by atoms with van der Waals surface area (Å²) < 4.78 is 10.3. The van der Waals surface area contributed by atoms with E-state index in [1.807, 2.05) is 18.2 Å². The van der Waals surface area contributed by atoms with E-state index in [-0.39, 0.29) is 0 Å². The maximum Gasteiger partial charge on any atom is 0.519 e. The van der Waals surface area contributed by atoms with Crippen molar-refractivity contribution in [2.45, 2.75) is 19.8 Å².